The average molecular weight is 239 g/mol. The van der Waals surface area contributed by atoms with Crippen LogP contribution in [0.5, 0.6) is 0 Å². The van der Waals surface area contributed by atoms with E-state index >= 15 is 0 Å². The van der Waals surface area contributed by atoms with Crippen LogP contribution in [0.15, 0.2) is 0 Å². The highest BCUT2D eigenvalue weighted by atomic mass is 16.2. The van der Waals surface area contributed by atoms with Gasteiger partial charge in [-0.1, -0.05) is 6.92 Å². The van der Waals surface area contributed by atoms with Crippen molar-refractivity contribution in [2.24, 2.45) is 5.92 Å². The lowest BCUT2D eigenvalue weighted by atomic mass is 10.1. The van der Waals surface area contributed by atoms with E-state index in [9.17, 15) is 9.59 Å². The van der Waals surface area contributed by atoms with Crippen molar-refractivity contribution >= 4 is 11.8 Å². The Morgan fingerprint density at radius 2 is 1.88 bits per heavy atom. The topological polar surface area (TPSA) is 52.7 Å². The van der Waals surface area contributed by atoms with Crippen LogP contribution < -0.4 is 5.32 Å². The molecule has 96 valence electrons. The summed E-state index contributed by atoms with van der Waals surface area (Å²) in [5.74, 6) is 0.433. The summed E-state index contributed by atoms with van der Waals surface area (Å²) in [6.07, 6.45) is 1.36. The number of rotatable bonds is 2. The molecule has 5 nitrogen and oxygen atoms in total. The van der Waals surface area contributed by atoms with Gasteiger partial charge in [0.2, 0.25) is 11.8 Å². The number of carbonyl (C=O) groups excluding carboxylic acids is 2. The zero-order chi connectivity index (χ0) is 12.3. The summed E-state index contributed by atoms with van der Waals surface area (Å²) in [4.78, 5) is 27.5. The maximum atomic E-state index is 12.2. The minimum atomic E-state index is 0.0311. The molecule has 17 heavy (non-hydrogen) atoms. The van der Waals surface area contributed by atoms with Crippen LogP contribution in [-0.4, -0.2) is 60.9 Å². The number of likely N-dealkylation sites (tertiary alicyclic amines) is 1. The highest BCUT2D eigenvalue weighted by molar-refractivity contribution is 5.82. The van der Waals surface area contributed by atoms with Crippen molar-refractivity contribution in [2.45, 2.75) is 19.8 Å². The fraction of sp³-hybridized carbons (Fsp3) is 0.833. The molecule has 2 rings (SSSR count). The molecule has 2 saturated heterocycles. The summed E-state index contributed by atoms with van der Waals surface area (Å²) in [6.45, 7) is 6.61. The van der Waals surface area contributed by atoms with Crippen LogP contribution >= 0.6 is 0 Å². The highest BCUT2D eigenvalue weighted by Gasteiger charge is 2.33. The number of nitrogens with zero attached hydrogens (tertiary/aromatic N) is 2. The SMILES string of the molecule is CCC(=O)N1CCC(C(=O)N2CCNCC2)C1. The number of hydrogen-bond donors (Lipinski definition) is 1. The Morgan fingerprint density at radius 1 is 1.18 bits per heavy atom. The van der Waals surface area contributed by atoms with Gasteiger partial charge in [0.1, 0.15) is 0 Å². The van der Waals surface area contributed by atoms with E-state index in [1.165, 1.54) is 0 Å². The normalized spacial score (nSPS) is 25.1. The molecule has 2 heterocycles. The molecule has 2 aliphatic rings. The van der Waals surface area contributed by atoms with E-state index in [2.05, 4.69) is 5.32 Å². The third-order valence-electron chi connectivity index (χ3n) is 3.62. The van der Waals surface area contributed by atoms with Gasteiger partial charge in [-0.15, -0.1) is 0 Å². The predicted molar refractivity (Wildman–Crippen MR) is 64.4 cm³/mol. The summed E-state index contributed by atoms with van der Waals surface area (Å²) >= 11 is 0. The van der Waals surface area contributed by atoms with E-state index in [1.54, 1.807) is 0 Å². The third kappa shape index (κ3) is 2.77. The summed E-state index contributed by atoms with van der Waals surface area (Å²) in [7, 11) is 0. The standard InChI is InChI=1S/C12H21N3O2/c1-2-11(16)15-6-3-10(9-15)12(17)14-7-4-13-5-8-14/h10,13H,2-9H2,1H3. The lowest BCUT2D eigenvalue weighted by Crippen LogP contribution is -2.48. The highest BCUT2D eigenvalue weighted by Crippen LogP contribution is 2.19. The number of hydrogen-bond acceptors (Lipinski definition) is 3. The van der Waals surface area contributed by atoms with Gasteiger partial charge < -0.3 is 15.1 Å². The van der Waals surface area contributed by atoms with E-state index in [1.807, 2.05) is 16.7 Å². The Kier molecular flexibility index (Phi) is 3.99. The molecule has 0 saturated carbocycles. The first-order valence-electron chi connectivity index (χ1n) is 6.49. The zero-order valence-corrected chi connectivity index (χ0v) is 10.4. The molecule has 0 spiro atoms. The van der Waals surface area contributed by atoms with Gasteiger partial charge >= 0.3 is 0 Å². The van der Waals surface area contributed by atoms with Gasteiger partial charge in [0.25, 0.3) is 0 Å². The Morgan fingerprint density at radius 3 is 2.53 bits per heavy atom. The van der Waals surface area contributed by atoms with E-state index in [-0.39, 0.29) is 17.7 Å². The lowest BCUT2D eigenvalue weighted by molar-refractivity contribution is -0.136. The molecule has 0 aromatic rings. The van der Waals surface area contributed by atoms with Gasteiger partial charge in [-0.25, -0.2) is 0 Å². The van der Waals surface area contributed by atoms with Crippen molar-refractivity contribution in [1.29, 1.82) is 0 Å². The Hall–Kier alpha value is -1.10. The molecule has 1 atom stereocenters. The molecule has 2 fully saturated rings. The van der Waals surface area contributed by atoms with Crippen molar-refractivity contribution in [3.63, 3.8) is 0 Å². The second kappa shape index (κ2) is 5.49. The van der Waals surface area contributed by atoms with Crippen molar-refractivity contribution in [3.05, 3.63) is 0 Å². The average Bonchev–Trinajstić information content (AvgIpc) is 2.87. The van der Waals surface area contributed by atoms with E-state index in [0.717, 1.165) is 39.1 Å². The molecule has 5 heteroatoms. The number of carbonyl (C=O) groups is 2. The fourth-order valence-electron chi connectivity index (χ4n) is 2.56. The largest absolute Gasteiger partial charge is 0.342 e. The molecule has 1 N–H and O–H groups in total. The molecule has 0 aromatic heterocycles. The fourth-order valence-corrected chi connectivity index (χ4v) is 2.56. The molecular weight excluding hydrogens is 218 g/mol. The van der Waals surface area contributed by atoms with Gasteiger partial charge in [0, 0.05) is 45.7 Å². The van der Waals surface area contributed by atoms with Crippen molar-refractivity contribution in [2.75, 3.05) is 39.3 Å². The van der Waals surface area contributed by atoms with Crippen molar-refractivity contribution in [1.82, 2.24) is 15.1 Å². The number of amides is 2. The van der Waals surface area contributed by atoms with Gasteiger partial charge in [0.15, 0.2) is 0 Å². The van der Waals surface area contributed by atoms with Gasteiger partial charge in [-0.3, -0.25) is 9.59 Å². The minimum absolute atomic E-state index is 0.0311. The maximum Gasteiger partial charge on any atom is 0.227 e. The molecule has 0 aliphatic carbocycles. The van der Waals surface area contributed by atoms with Crippen LogP contribution in [0.2, 0.25) is 0 Å². The van der Waals surface area contributed by atoms with Crippen molar-refractivity contribution in [3.8, 4) is 0 Å². The first-order valence-corrected chi connectivity index (χ1v) is 6.49. The minimum Gasteiger partial charge on any atom is -0.342 e. The monoisotopic (exact) mass is 239 g/mol. The molecule has 1 unspecified atom stereocenters. The Balaban J connectivity index is 1.87. The molecule has 0 bridgehead atoms. The maximum absolute atomic E-state index is 12.2. The van der Waals surface area contributed by atoms with Crippen LogP contribution in [-0.2, 0) is 9.59 Å². The first-order chi connectivity index (χ1) is 8.22. The second-order valence-electron chi connectivity index (χ2n) is 4.75. The quantitative estimate of drug-likeness (QED) is 0.718. The molecule has 2 aliphatic heterocycles. The Labute approximate surface area is 102 Å². The molecule has 2 amide bonds. The number of nitrogens with one attached hydrogen (secondary N) is 1. The summed E-state index contributed by atoms with van der Waals surface area (Å²) < 4.78 is 0. The number of piperazine rings is 1. The first kappa shape index (κ1) is 12.4. The van der Waals surface area contributed by atoms with Gasteiger partial charge in [-0.05, 0) is 6.42 Å². The Bertz CT molecular complexity index is 300. The molecule has 0 radical (unpaired) electrons. The molecule has 0 aromatic carbocycles. The lowest BCUT2D eigenvalue weighted by Gasteiger charge is -2.29. The van der Waals surface area contributed by atoms with Crippen LogP contribution in [0.3, 0.4) is 0 Å². The van der Waals surface area contributed by atoms with Gasteiger partial charge in [-0.2, -0.15) is 0 Å². The van der Waals surface area contributed by atoms with Gasteiger partial charge in [0.05, 0.1) is 5.92 Å². The van der Waals surface area contributed by atoms with E-state index in [4.69, 9.17) is 0 Å². The third-order valence-corrected chi connectivity index (χ3v) is 3.62. The van der Waals surface area contributed by atoms with Crippen molar-refractivity contribution < 1.29 is 9.59 Å². The predicted octanol–water partition coefficient (Wildman–Crippen LogP) is -0.323. The van der Waals surface area contributed by atoms with Crippen LogP contribution in [0.4, 0.5) is 0 Å². The van der Waals surface area contributed by atoms with Crippen LogP contribution in [0.1, 0.15) is 19.8 Å². The zero-order valence-electron chi connectivity index (χ0n) is 10.4. The van der Waals surface area contributed by atoms with E-state index in [0.29, 0.717) is 13.0 Å². The smallest absolute Gasteiger partial charge is 0.227 e. The van der Waals surface area contributed by atoms with Crippen LogP contribution in [0, 0.1) is 5.92 Å². The second-order valence-corrected chi connectivity index (χ2v) is 4.75. The van der Waals surface area contributed by atoms with E-state index < -0.39 is 0 Å². The molecular formula is C12H21N3O2. The summed E-state index contributed by atoms with van der Waals surface area (Å²) in [6, 6.07) is 0. The van der Waals surface area contributed by atoms with Crippen LogP contribution in [0.25, 0.3) is 0 Å². The summed E-state index contributed by atoms with van der Waals surface area (Å²) in [5, 5.41) is 3.24. The summed E-state index contributed by atoms with van der Waals surface area (Å²) in [5.41, 5.74) is 0.